The number of nitrogens with one attached hydrogen (secondary N) is 1. The van der Waals surface area contributed by atoms with Crippen molar-refractivity contribution in [3.05, 3.63) is 53.1 Å². The third kappa shape index (κ3) is 3.81. The molecule has 0 bridgehead atoms. The quantitative estimate of drug-likeness (QED) is 0.885. The molecule has 1 fully saturated rings. The van der Waals surface area contributed by atoms with Crippen molar-refractivity contribution < 1.29 is 19.1 Å². The van der Waals surface area contributed by atoms with Gasteiger partial charge < -0.3 is 19.7 Å². The van der Waals surface area contributed by atoms with Crippen LogP contribution in [0.25, 0.3) is 0 Å². The van der Waals surface area contributed by atoms with Crippen LogP contribution in [-0.2, 0) is 4.79 Å². The molecule has 1 N–H and O–H groups in total. The number of aryl methyl sites for hydroxylation is 2. The molecule has 28 heavy (non-hydrogen) atoms. The van der Waals surface area contributed by atoms with Crippen LogP contribution in [-0.4, -0.2) is 36.6 Å². The first-order valence-corrected chi connectivity index (χ1v) is 9.58. The van der Waals surface area contributed by atoms with Gasteiger partial charge in [0.2, 0.25) is 12.7 Å². The number of fused-ring (bicyclic) bond motifs is 1. The van der Waals surface area contributed by atoms with Gasteiger partial charge in [0.25, 0.3) is 5.91 Å². The fourth-order valence-electron chi connectivity index (χ4n) is 3.85. The third-order valence-corrected chi connectivity index (χ3v) is 5.26. The molecule has 2 aliphatic heterocycles. The average Bonchev–Trinajstić information content (AvgIpc) is 3.14. The second-order valence-electron chi connectivity index (χ2n) is 7.50. The molecule has 2 aromatic carbocycles. The van der Waals surface area contributed by atoms with E-state index in [2.05, 4.69) is 11.4 Å². The minimum atomic E-state index is -0.0818. The van der Waals surface area contributed by atoms with Gasteiger partial charge in [0.15, 0.2) is 11.5 Å². The van der Waals surface area contributed by atoms with Gasteiger partial charge in [-0.05, 0) is 68.1 Å². The number of hydrogen-bond donors (Lipinski definition) is 1. The predicted octanol–water partition coefficient (Wildman–Crippen LogP) is 3.52. The molecule has 0 aliphatic carbocycles. The molecule has 2 aromatic rings. The summed E-state index contributed by atoms with van der Waals surface area (Å²) in [6.45, 7) is 5.36. The second kappa shape index (κ2) is 7.54. The van der Waals surface area contributed by atoms with Gasteiger partial charge in [0.1, 0.15) is 0 Å². The van der Waals surface area contributed by atoms with Gasteiger partial charge in [-0.25, -0.2) is 0 Å². The van der Waals surface area contributed by atoms with Crippen LogP contribution in [0.1, 0.15) is 34.3 Å². The highest BCUT2D eigenvalue weighted by Crippen LogP contribution is 2.33. The number of piperidine rings is 1. The van der Waals surface area contributed by atoms with Crippen LogP contribution >= 0.6 is 0 Å². The fourth-order valence-corrected chi connectivity index (χ4v) is 3.85. The Morgan fingerprint density at radius 3 is 2.36 bits per heavy atom. The summed E-state index contributed by atoms with van der Waals surface area (Å²) < 4.78 is 10.6. The zero-order chi connectivity index (χ0) is 19.7. The molecule has 2 heterocycles. The first-order chi connectivity index (χ1) is 13.5. The van der Waals surface area contributed by atoms with Crippen molar-refractivity contribution in [2.75, 3.05) is 25.2 Å². The van der Waals surface area contributed by atoms with Crippen LogP contribution in [0.15, 0.2) is 36.4 Å². The number of likely N-dealkylation sites (tertiary alicyclic amines) is 1. The third-order valence-electron chi connectivity index (χ3n) is 5.26. The molecule has 146 valence electrons. The summed E-state index contributed by atoms with van der Waals surface area (Å²) in [5.74, 6) is 1.18. The highest BCUT2D eigenvalue weighted by molar-refractivity contribution is 5.96. The van der Waals surface area contributed by atoms with Gasteiger partial charge in [-0.2, -0.15) is 0 Å². The van der Waals surface area contributed by atoms with Gasteiger partial charge in [0, 0.05) is 30.3 Å². The first kappa shape index (κ1) is 18.3. The molecule has 0 unspecified atom stereocenters. The van der Waals surface area contributed by atoms with E-state index in [1.165, 1.54) is 0 Å². The Morgan fingerprint density at radius 1 is 0.964 bits per heavy atom. The summed E-state index contributed by atoms with van der Waals surface area (Å²) in [5.41, 5.74) is 3.67. The van der Waals surface area contributed by atoms with Crippen molar-refractivity contribution >= 4 is 17.5 Å². The minimum Gasteiger partial charge on any atom is -0.454 e. The summed E-state index contributed by atoms with van der Waals surface area (Å²) >= 11 is 0. The minimum absolute atomic E-state index is 0.0279. The summed E-state index contributed by atoms with van der Waals surface area (Å²) in [6, 6.07) is 11.3. The number of benzene rings is 2. The fraction of sp³-hybridized carbons (Fsp3) is 0.364. The summed E-state index contributed by atoms with van der Waals surface area (Å²) in [6.07, 6.45) is 1.32. The van der Waals surface area contributed by atoms with E-state index in [4.69, 9.17) is 9.47 Å². The van der Waals surface area contributed by atoms with E-state index in [1.54, 1.807) is 23.1 Å². The van der Waals surface area contributed by atoms with E-state index in [1.807, 2.05) is 26.0 Å². The molecule has 6 heteroatoms. The highest BCUT2D eigenvalue weighted by Gasteiger charge is 2.28. The van der Waals surface area contributed by atoms with Crippen molar-refractivity contribution in [2.24, 2.45) is 5.92 Å². The highest BCUT2D eigenvalue weighted by atomic mass is 16.7. The van der Waals surface area contributed by atoms with Crippen LogP contribution in [0, 0.1) is 19.8 Å². The number of nitrogens with zero attached hydrogens (tertiary/aromatic N) is 1. The molecule has 0 saturated carbocycles. The Balaban J connectivity index is 1.35. The summed E-state index contributed by atoms with van der Waals surface area (Å²) in [4.78, 5) is 27.2. The number of rotatable bonds is 3. The number of ether oxygens (including phenoxy) is 2. The second-order valence-corrected chi connectivity index (χ2v) is 7.50. The number of amides is 2. The van der Waals surface area contributed by atoms with Crippen LogP contribution in [0.4, 0.5) is 5.69 Å². The predicted molar refractivity (Wildman–Crippen MR) is 106 cm³/mol. The van der Waals surface area contributed by atoms with Crippen molar-refractivity contribution in [1.29, 1.82) is 0 Å². The molecular formula is C22H24N2O4. The Kier molecular flexibility index (Phi) is 4.94. The van der Waals surface area contributed by atoms with E-state index in [9.17, 15) is 9.59 Å². The monoisotopic (exact) mass is 380 g/mol. The van der Waals surface area contributed by atoms with Crippen LogP contribution in [0.3, 0.4) is 0 Å². The Hall–Kier alpha value is -3.02. The number of carbonyl (C=O) groups is 2. The molecule has 2 aliphatic rings. The van der Waals surface area contributed by atoms with Crippen molar-refractivity contribution in [3.8, 4) is 11.5 Å². The first-order valence-electron chi connectivity index (χ1n) is 9.58. The molecular weight excluding hydrogens is 356 g/mol. The molecule has 2 amide bonds. The van der Waals surface area contributed by atoms with Gasteiger partial charge in [-0.3, -0.25) is 9.59 Å². The van der Waals surface area contributed by atoms with Crippen molar-refractivity contribution in [2.45, 2.75) is 26.7 Å². The van der Waals surface area contributed by atoms with E-state index in [0.29, 0.717) is 43.0 Å². The van der Waals surface area contributed by atoms with Gasteiger partial charge >= 0.3 is 0 Å². The number of carbonyl (C=O) groups excluding carboxylic acids is 2. The Bertz CT molecular complexity index is 896. The lowest BCUT2D eigenvalue weighted by atomic mass is 9.95. The standard InChI is InChI=1S/C22H24N2O4/c1-14-9-15(2)11-18(10-14)23-21(25)16-5-7-24(8-6-16)22(26)17-3-4-19-20(12-17)28-13-27-19/h3-4,9-12,16H,5-8,13H2,1-2H3,(H,23,25). The largest absolute Gasteiger partial charge is 0.454 e. The maximum atomic E-state index is 12.8. The lowest BCUT2D eigenvalue weighted by Gasteiger charge is -2.31. The average molecular weight is 380 g/mol. The van der Waals surface area contributed by atoms with E-state index in [0.717, 1.165) is 16.8 Å². The zero-order valence-electron chi connectivity index (χ0n) is 16.2. The van der Waals surface area contributed by atoms with Crippen LogP contribution < -0.4 is 14.8 Å². The number of hydrogen-bond acceptors (Lipinski definition) is 4. The van der Waals surface area contributed by atoms with Crippen molar-refractivity contribution in [1.82, 2.24) is 4.90 Å². The molecule has 0 spiro atoms. The SMILES string of the molecule is Cc1cc(C)cc(NC(=O)C2CCN(C(=O)c3ccc4c(c3)OCO4)CC2)c1. The van der Waals surface area contributed by atoms with E-state index < -0.39 is 0 Å². The maximum absolute atomic E-state index is 12.8. The Labute approximate surface area is 164 Å². The summed E-state index contributed by atoms with van der Waals surface area (Å²) in [5, 5.41) is 3.02. The van der Waals surface area contributed by atoms with Gasteiger partial charge in [-0.15, -0.1) is 0 Å². The number of anilines is 1. The zero-order valence-corrected chi connectivity index (χ0v) is 16.2. The Morgan fingerprint density at radius 2 is 1.64 bits per heavy atom. The molecule has 0 aromatic heterocycles. The molecule has 0 radical (unpaired) electrons. The molecule has 4 rings (SSSR count). The topological polar surface area (TPSA) is 67.9 Å². The molecule has 0 atom stereocenters. The molecule has 6 nitrogen and oxygen atoms in total. The smallest absolute Gasteiger partial charge is 0.253 e. The van der Waals surface area contributed by atoms with E-state index in [-0.39, 0.29) is 24.5 Å². The molecule has 1 saturated heterocycles. The van der Waals surface area contributed by atoms with E-state index >= 15 is 0 Å². The normalized spacial score (nSPS) is 16.1. The van der Waals surface area contributed by atoms with Gasteiger partial charge in [-0.1, -0.05) is 6.07 Å². The lowest BCUT2D eigenvalue weighted by molar-refractivity contribution is -0.121. The van der Waals surface area contributed by atoms with Gasteiger partial charge in [0.05, 0.1) is 0 Å². The maximum Gasteiger partial charge on any atom is 0.253 e. The summed E-state index contributed by atoms with van der Waals surface area (Å²) in [7, 11) is 0. The van der Waals surface area contributed by atoms with Crippen LogP contribution in [0.2, 0.25) is 0 Å². The van der Waals surface area contributed by atoms with Crippen LogP contribution in [0.5, 0.6) is 11.5 Å². The van der Waals surface area contributed by atoms with Crippen molar-refractivity contribution in [3.63, 3.8) is 0 Å². The lowest BCUT2D eigenvalue weighted by Crippen LogP contribution is -2.41.